The molecule has 0 aromatic heterocycles. The molecule has 154 valence electrons. The molecule has 0 radical (unpaired) electrons. The van der Waals surface area contributed by atoms with E-state index >= 15 is 0 Å². The number of benzene rings is 1. The van der Waals surface area contributed by atoms with Crippen LogP contribution in [0.5, 0.6) is 0 Å². The lowest BCUT2D eigenvalue weighted by Gasteiger charge is -2.27. The van der Waals surface area contributed by atoms with Gasteiger partial charge in [-0.1, -0.05) is 78.1 Å². The van der Waals surface area contributed by atoms with Crippen LogP contribution in [0.25, 0.3) is 0 Å². The van der Waals surface area contributed by atoms with Gasteiger partial charge in [0.05, 0.1) is 0 Å². The van der Waals surface area contributed by atoms with E-state index in [1.54, 1.807) is 0 Å². The van der Waals surface area contributed by atoms with E-state index in [1.165, 1.54) is 107 Å². The fraction of sp³-hybridized carbons (Fsp3) is 0.750. The summed E-state index contributed by atoms with van der Waals surface area (Å²) >= 11 is 0. The van der Waals surface area contributed by atoms with E-state index in [9.17, 15) is 0 Å². The van der Waals surface area contributed by atoms with Gasteiger partial charge in [0.25, 0.3) is 0 Å². The summed E-state index contributed by atoms with van der Waals surface area (Å²) in [6.07, 6.45) is 16.2. The van der Waals surface area contributed by atoms with Gasteiger partial charge in [-0.15, -0.1) is 0 Å². The van der Waals surface area contributed by atoms with Crippen molar-refractivity contribution in [3.05, 3.63) is 23.3 Å². The van der Waals surface area contributed by atoms with Gasteiger partial charge in [0.1, 0.15) is 5.69 Å². The Labute approximate surface area is 168 Å². The molecule has 0 saturated heterocycles. The highest BCUT2D eigenvalue weighted by Crippen LogP contribution is 2.30. The van der Waals surface area contributed by atoms with Crippen LogP contribution in [0, 0.1) is 13.8 Å². The molecular weight excluding hydrogens is 330 g/mol. The Morgan fingerprint density at radius 3 is 1.67 bits per heavy atom. The molecule has 0 spiro atoms. The van der Waals surface area contributed by atoms with Crippen molar-refractivity contribution in [2.24, 2.45) is 5.11 Å². The summed E-state index contributed by atoms with van der Waals surface area (Å²) in [6.45, 7) is 11.3. The van der Waals surface area contributed by atoms with Gasteiger partial charge in [0.2, 0.25) is 0 Å². The van der Waals surface area contributed by atoms with Crippen molar-refractivity contribution in [2.75, 3.05) is 18.0 Å². The Hall–Kier alpha value is -1.38. The highest BCUT2D eigenvalue weighted by molar-refractivity contribution is 5.63. The summed E-state index contributed by atoms with van der Waals surface area (Å²) in [6, 6.07) is 4.30. The van der Waals surface area contributed by atoms with Crippen molar-refractivity contribution in [3.63, 3.8) is 0 Å². The minimum Gasteiger partial charge on any atom is -0.371 e. The average molecular weight is 375 g/mol. The third-order valence-corrected chi connectivity index (χ3v) is 5.77. The lowest BCUT2D eigenvalue weighted by atomic mass is 10.0. The van der Waals surface area contributed by atoms with Crippen molar-refractivity contribution in [3.8, 4) is 0 Å². The first kappa shape index (κ1) is 23.7. The molecule has 0 heterocycles. The maximum Gasteiger partial charge on any atom is 0.133 e. The smallest absolute Gasteiger partial charge is 0.133 e. The van der Waals surface area contributed by atoms with Crippen LogP contribution in [0.4, 0.5) is 11.4 Å². The number of hydrogen-bond acceptors (Lipinski definition) is 2. The van der Waals surface area contributed by atoms with Gasteiger partial charge in [0.15, 0.2) is 0 Å². The molecule has 0 aliphatic rings. The SMILES string of the molecule is CCCCCCCCN(CCCCCCCC)c1ccc(N=[NH2+])c(C)c1C. The van der Waals surface area contributed by atoms with Crippen LogP contribution in [0.2, 0.25) is 0 Å². The van der Waals surface area contributed by atoms with Gasteiger partial charge in [-0.2, -0.15) is 5.53 Å². The van der Waals surface area contributed by atoms with Crippen molar-refractivity contribution >= 4 is 11.4 Å². The molecule has 2 N–H and O–H groups in total. The van der Waals surface area contributed by atoms with Crippen LogP contribution < -0.4 is 10.4 Å². The number of rotatable bonds is 16. The summed E-state index contributed by atoms with van der Waals surface area (Å²) in [4.78, 5) is 2.61. The first-order valence-electron chi connectivity index (χ1n) is 11.4. The molecule has 1 aromatic rings. The number of unbranched alkanes of at least 4 members (excludes halogenated alkanes) is 10. The fourth-order valence-electron chi connectivity index (χ4n) is 3.79. The molecule has 3 heteroatoms. The van der Waals surface area contributed by atoms with E-state index in [0.717, 1.165) is 5.69 Å². The number of nitrogens with zero attached hydrogens (tertiary/aromatic N) is 2. The Balaban J connectivity index is 2.64. The molecule has 0 bridgehead atoms. The molecule has 3 nitrogen and oxygen atoms in total. The van der Waals surface area contributed by atoms with Gasteiger partial charge in [-0.3, -0.25) is 0 Å². The zero-order valence-electron chi connectivity index (χ0n) is 18.5. The monoisotopic (exact) mass is 374 g/mol. The Kier molecular flexibility index (Phi) is 12.8. The van der Waals surface area contributed by atoms with Crippen molar-refractivity contribution in [1.29, 1.82) is 0 Å². The minimum atomic E-state index is 0.912. The highest BCUT2D eigenvalue weighted by Gasteiger charge is 2.13. The minimum absolute atomic E-state index is 0.912. The Morgan fingerprint density at radius 1 is 0.704 bits per heavy atom. The van der Waals surface area contributed by atoms with Crippen molar-refractivity contribution < 1.29 is 5.53 Å². The van der Waals surface area contributed by atoms with Gasteiger partial charge in [0, 0.05) is 18.8 Å². The van der Waals surface area contributed by atoms with Crippen LogP contribution in [-0.2, 0) is 0 Å². The maximum atomic E-state index is 5.53. The van der Waals surface area contributed by atoms with Gasteiger partial charge in [-0.25, -0.2) is 0 Å². The maximum absolute atomic E-state index is 5.53. The second-order valence-corrected chi connectivity index (χ2v) is 8.01. The largest absolute Gasteiger partial charge is 0.371 e. The molecule has 0 saturated carbocycles. The van der Waals surface area contributed by atoms with E-state index in [-0.39, 0.29) is 0 Å². The van der Waals surface area contributed by atoms with E-state index in [0.29, 0.717) is 0 Å². The third kappa shape index (κ3) is 8.90. The van der Waals surface area contributed by atoms with E-state index < -0.39 is 0 Å². The predicted octanol–water partition coefficient (Wildman–Crippen LogP) is 6.67. The quantitative estimate of drug-likeness (QED) is 0.255. The lowest BCUT2D eigenvalue weighted by Crippen LogP contribution is -2.27. The van der Waals surface area contributed by atoms with E-state index in [1.807, 2.05) is 0 Å². The number of nitrogens with two attached hydrogens (primary N) is 1. The number of hydrogen-bond donors (Lipinski definition) is 1. The van der Waals surface area contributed by atoms with E-state index in [2.05, 4.69) is 49.8 Å². The molecule has 0 atom stereocenters. The molecule has 0 fully saturated rings. The molecule has 0 aliphatic carbocycles. The van der Waals surface area contributed by atoms with E-state index in [4.69, 9.17) is 5.53 Å². The summed E-state index contributed by atoms with van der Waals surface area (Å²) in [5, 5.41) is 3.92. The van der Waals surface area contributed by atoms with Crippen molar-refractivity contribution in [1.82, 2.24) is 0 Å². The van der Waals surface area contributed by atoms with Gasteiger partial charge >= 0.3 is 0 Å². The van der Waals surface area contributed by atoms with Crippen LogP contribution >= 0.6 is 0 Å². The molecule has 0 unspecified atom stereocenters. The topological polar surface area (TPSA) is 41.2 Å². The van der Waals surface area contributed by atoms with Crippen LogP contribution in [0.1, 0.15) is 102 Å². The predicted molar refractivity (Wildman–Crippen MR) is 119 cm³/mol. The summed E-state index contributed by atoms with van der Waals surface area (Å²) in [7, 11) is 0. The fourth-order valence-corrected chi connectivity index (χ4v) is 3.79. The Bertz CT molecular complexity index is 509. The molecule has 1 aromatic carbocycles. The summed E-state index contributed by atoms with van der Waals surface area (Å²) < 4.78 is 0. The lowest BCUT2D eigenvalue weighted by molar-refractivity contribution is -0.210. The molecule has 27 heavy (non-hydrogen) atoms. The first-order chi connectivity index (χ1) is 13.2. The molecule has 0 amide bonds. The standard InChI is InChI=1S/C24H43N3/c1-5-7-9-11-13-15-19-27(20-16-14-12-10-8-6-2)24-18-17-23(26-25)21(3)22(24)4/h17-18,25H,5-16,19-20H2,1-4H3/p+1. The normalized spacial score (nSPS) is 11.0. The summed E-state index contributed by atoms with van der Waals surface area (Å²) in [5.74, 6) is 0. The van der Waals surface area contributed by atoms with Crippen LogP contribution in [0.3, 0.4) is 0 Å². The van der Waals surface area contributed by atoms with Crippen LogP contribution in [-0.4, -0.2) is 13.1 Å². The number of anilines is 1. The van der Waals surface area contributed by atoms with Gasteiger partial charge < -0.3 is 4.90 Å². The first-order valence-corrected chi connectivity index (χ1v) is 11.4. The van der Waals surface area contributed by atoms with Gasteiger partial charge in [-0.05, 0) is 55.1 Å². The highest BCUT2D eigenvalue weighted by atomic mass is 15.1. The second kappa shape index (κ2) is 14.6. The molecule has 1 rings (SSSR count). The Morgan fingerprint density at radius 2 is 1.19 bits per heavy atom. The third-order valence-electron chi connectivity index (χ3n) is 5.77. The summed E-state index contributed by atoms with van der Waals surface area (Å²) in [5.41, 5.74) is 10.4. The molecular formula is C24H44N3+. The van der Waals surface area contributed by atoms with Crippen molar-refractivity contribution in [2.45, 2.75) is 105 Å². The second-order valence-electron chi connectivity index (χ2n) is 8.01. The zero-order valence-corrected chi connectivity index (χ0v) is 18.5. The average Bonchev–Trinajstić information content (AvgIpc) is 2.68. The van der Waals surface area contributed by atoms with Crippen LogP contribution in [0.15, 0.2) is 17.2 Å². The molecule has 0 aliphatic heterocycles. The zero-order chi connectivity index (χ0) is 19.9.